The van der Waals surface area contributed by atoms with Crippen LogP contribution in [0.15, 0.2) is 35.1 Å². The van der Waals surface area contributed by atoms with Crippen molar-refractivity contribution < 1.29 is 42.9 Å². The summed E-state index contributed by atoms with van der Waals surface area (Å²) in [4.78, 5) is 60.6. The van der Waals surface area contributed by atoms with Crippen LogP contribution in [0.25, 0.3) is 0 Å². The summed E-state index contributed by atoms with van der Waals surface area (Å²) >= 11 is 5.36. The van der Waals surface area contributed by atoms with Crippen molar-refractivity contribution in [2.75, 3.05) is 12.4 Å². The third-order valence-electron chi connectivity index (χ3n) is 5.52. The summed E-state index contributed by atoms with van der Waals surface area (Å²) in [6.07, 6.45) is -6.92. The molecule has 0 aliphatic carbocycles. The molecule has 1 aliphatic heterocycles. The summed E-state index contributed by atoms with van der Waals surface area (Å²) in [5.41, 5.74) is 0.0446. The molecule has 2 aromatic rings. The topological polar surface area (TPSA) is 180 Å². The van der Waals surface area contributed by atoms with Crippen LogP contribution in [0, 0.1) is 4.77 Å². The van der Waals surface area contributed by atoms with Gasteiger partial charge in [-0.1, -0.05) is 30.3 Å². The molecule has 0 radical (unpaired) electrons. The van der Waals surface area contributed by atoms with E-state index in [9.17, 15) is 24.0 Å². The quantitative estimate of drug-likeness (QED) is 0.201. The number of nitrogens with zero attached hydrogens (tertiary/aromatic N) is 3. The molecule has 14 nitrogen and oxygen atoms in total. The van der Waals surface area contributed by atoms with Crippen LogP contribution in [0.2, 0.25) is 0 Å². The second-order valence-corrected chi connectivity index (χ2v) is 8.97. The molecule has 39 heavy (non-hydrogen) atoms. The molecule has 15 heteroatoms. The van der Waals surface area contributed by atoms with Crippen molar-refractivity contribution in [1.82, 2.24) is 14.5 Å². The fraction of sp³-hybridized carbons (Fsp3) is 0.458. The Bertz CT molecular complexity index is 1360. The van der Waals surface area contributed by atoms with Gasteiger partial charge >= 0.3 is 23.9 Å². The molecule has 2 N–H and O–H groups in total. The molecule has 1 aromatic heterocycles. The largest absolute Gasteiger partial charge is 0.463 e. The second-order valence-electron chi connectivity index (χ2n) is 8.60. The highest BCUT2D eigenvalue weighted by molar-refractivity contribution is 7.71. The number of aromatic nitrogens is 3. The van der Waals surface area contributed by atoms with Gasteiger partial charge in [0, 0.05) is 34.1 Å². The van der Waals surface area contributed by atoms with Gasteiger partial charge in [-0.2, -0.15) is 9.77 Å². The Hall–Kier alpha value is -4.11. The molecule has 3 rings (SSSR count). The van der Waals surface area contributed by atoms with E-state index in [2.05, 4.69) is 5.10 Å². The molecule has 1 saturated heterocycles. The fourth-order valence-corrected chi connectivity index (χ4v) is 4.25. The third kappa shape index (κ3) is 7.26. The lowest BCUT2D eigenvalue weighted by Gasteiger charge is -2.44. The lowest BCUT2D eigenvalue weighted by Crippen LogP contribution is -2.61. The highest BCUT2D eigenvalue weighted by Gasteiger charge is 2.53. The number of hydrogen-bond acceptors (Lipinski definition) is 13. The molecule has 0 bridgehead atoms. The van der Waals surface area contributed by atoms with E-state index < -0.39 is 66.7 Å². The number of esters is 4. The standard InChI is InChI=1S/C24H28N4O10S/c1-12(29)34-11-18-19(35-13(2)30)20(36-14(3)31)21(37-15(4)32)23(38-18)28-24(39)27(25)22(33)17(26-28)10-16-8-6-5-7-9-16/h5-9,18-21,23H,10-11,25H2,1-4H3/t18-,19-,20+,21-,23-/m1/s1. The fourth-order valence-electron chi connectivity index (χ4n) is 4.02. The molecular weight excluding hydrogens is 536 g/mol. The summed E-state index contributed by atoms with van der Waals surface area (Å²) in [6, 6.07) is 8.93. The maximum Gasteiger partial charge on any atom is 0.303 e. The van der Waals surface area contributed by atoms with Gasteiger partial charge in [-0.3, -0.25) is 24.0 Å². The van der Waals surface area contributed by atoms with Crippen molar-refractivity contribution in [2.24, 2.45) is 0 Å². The van der Waals surface area contributed by atoms with Gasteiger partial charge < -0.3 is 29.5 Å². The van der Waals surface area contributed by atoms with E-state index >= 15 is 0 Å². The van der Waals surface area contributed by atoms with Gasteiger partial charge in [-0.25, -0.2) is 4.68 Å². The van der Waals surface area contributed by atoms with Crippen molar-refractivity contribution in [2.45, 2.75) is 64.8 Å². The van der Waals surface area contributed by atoms with E-state index in [0.717, 1.165) is 37.9 Å². The second kappa shape index (κ2) is 12.6. The Kier molecular flexibility index (Phi) is 9.53. The van der Waals surface area contributed by atoms with Crippen LogP contribution in [0.4, 0.5) is 0 Å². The van der Waals surface area contributed by atoms with Gasteiger partial charge in [0.05, 0.1) is 0 Å². The Morgan fingerprint density at radius 2 is 1.49 bits per heavy atom. The molecule has 210 valence electrons. The number of carbonyl (C=O) groups is 4. The summed E-state index contributed by atoms with van der Waals surface area (Å²) in [7, 11) is 0. The molecule has 1 fully saturated rings. The molecular formula is C24H28N4O10S. The van der Waals surface area contributed by atoms with E-state index in [4.69, 9.17) is 41.7 Å². The Labute approximate surface area is 227 Å². The van der Waals surface area contributed by atoms with Crippen LogP contribution in [0.1, 0.15) is 45.2 Å². The maximum absolute atomic E-state index is 12.9. The van der Waals surface area contributed by atoms with Crippen LogP contribution in [-0.4, -0.2) is 69.4 Å². The van der Waals surface area contributed by atoms with E-state index in [1.54, 1.807) is 24.3 Å². The minimum Gasteiger partial charge on any atom is -0.463 e. The van der Waals surface area contributed by atoms with Crippen molar-refractivity contribution >= 4 is 36.1 Å². The van der Waals surface area contributed by atoms with Crippen LogP contribution >= 0.6 is 12.2 Å². The summed E-state index contributed by atoms with van der Waals surface area (Å²) in [5, 5.41) is 4.37. The number of benzene rings is 1. The Morgan fingerprint density at radius 1 is 0.923 bits per heavy atom. The van der Waals surface area contributed by atoms with E-state index in [-0.39, 0.29) is 16.9 Å². The molecule has 0 spiro atoms. The zero-order chi connectivity index (χ0) is 28.9. The highest BCUT2D eigenvalue weighted by atomic mass is 32.1. The number of rotatable bonds is 8. The van der Waals surface area contributed by atoms with Gasteiger partial charge in [0.15, 0.2) is 24.5 Å². The highest BCUT2D eigenvalue weighted by Crippen LogP contribution is 2.34. The zero-order valence-corrected chi connectivity index (χ0v) is 22.4. The number of nitrogens with two attached hydrogens (primary N) is 1. The van der Waals surface area contributed by atoms with E-state index in [0.29, 0.717) is 4.68 Å². The van der Waals surface area contributed by atoms with Crippen LogP contribution < -0.4 is 11.4 Å². The van der Waals surface area contributed by atoms with Gasteiger partial charge in [0.1, 0.15) is 18.4 Å². The lowest BCUT2D eigenvalue weighted by atomic mass is 9.97. The molecule has 1 aromatic carbocycles. The van der Waals surface area contributed by atoms with Crippen LogP contribution in [0.3, 0.4) is 0 Å². The molecule has 0 amide bonds. The number of nitrogen functional groups attached to an aromatic ring is 1. The average Bonchev–Trinajstić information content (AvgIpc) is 2.85. The van der Waals surface area contributed by atoms with Crippen molar-refractivity contribution in [3.63, 3.8) is 0 Å². The lowest BCUT2D eigenvalue weighted by molar-refractivity contribution is -0.271. The minimum atomic E-state index is -1.48. The Morgan fingerprint density at radius 3 is 2.05 bits per heavy atom. The first-order valence-corrected chi connectivity index (χ1v) is 12.1. The van der Waals surface area contributed by atoms with E-state index in [1.165, 1.54) is 0 Å². The van der Waals surface area contributed by atoms with Gasteiger partial charge in [0.2, 0.25) is 4.77 Å². The smallest absolute Gasteiger partial charge is 0.303 e. The SMILES string of the molecule is CC(=O)OC[C@H]1O[C@@H](n2nc(Cc3ccccc3)c(=O)n(N)c2=S)[C@H](OC(C)=O)[C@@H](OC(C)=O)[C@@H]1OC(C)=O. The monoisotopic (exact) mass is 564 g/mol. The molecule has 5 atom stereocenters. The van der Waals surface area contributed by atoms with E-state index in [1.807, 2.05) is 6.07 Å². The first kappa shape index (κ1) is 29.4. The third-order valence-corrected chi connectivity index (χ3v) is 5.90. The van der Waals surface area contributed by atoms with Gasteiger partial charge in [0.25, 0.3) is 5.56 Å². The number of carbonyl (C=O) groups excluding carboxylic acids is 4. The Balaban J connectivity index is 2.19. The average molecular weight is 565 g/mol. The molecule has 1 aliphatic rings. The van der Waals surface area contributed by atoms with Crippen molar-refractivity contribution in [3.8, 4) is 0 Å². The maximum atomic E-state index is 12.9. The summed E-state index contributed by atoms with van der Waals surface area (Å²) in [6.45, 7) is 4.03. The first-order valence-electron chi connectivity index (χ1n) is 11.7. The van der Waals surface area contributed by atoms with Gasteiger partial charge in [-0.05, 0) is 17.8 Å². The first-order chi connectivity index (χ1) is 18.4. The predicted octanol–water partition coefficient (Wildman–Crippen LogP) is 0.334. The van der Waals surface area contributed by atoms with Crippen molar-refractivity contribution in [1.29, 1.82) is 0 Å². The normalized spacial score (nSPS) is 22.4. The zero-order valence-electron chi connectivity index (χ0n) is 21.6. The summed E-state index contributed by atoms with van der Waals surface area (Å²) in [5.74, 6) is 2.94. The predicted molar refractivity (Wildman–Crippen MR) is 134 cm³/mol. The summed E-state index contributed by atoms with van der Waals surface area (Å²) < 4.78 is 28.8. The van der Waals surface area contributed by atoms with Gasteiger partial charge in [-0.15, -0.1) is 0 Å². The van der Waals surface area contributed by atoms with Crippen molar-refractivity contribution in [3.05, 3.63) is 56.7 Å². The van der Waals surface area contributed by atoms with Crippen LogP contribution in [-0.2, 0) is 49.3 Å². The molecule has 2 heterocycles. The van der Waals surface area contributed by atoms with Crippen LogP contribution in [0.5, 0.6) is 0 Å². The molecule has 0 saturated carbocycles. The number of ether oxygens (including phenoxy) is 5. The molecule has 0 unspecified atom stereocenters. The minimum absolute atomic E-state index is 0.0230. The number of hydrogen-bond donors (Lipinski definition) is 1.